The van der Waals surface area contributed by atoms with Crippen molar-refractivity contribution < 1.29 is 9.53 Å². The first-order valence-corrected chi connectivity index (χ1v) is 5.71. The lowest BCUT2D eigenvalue weighted by Gasteiger charge is -2.10. The van der Waals surface area contributed by atoms with Crippen LogP contribution in [0.25, 0.3) is 0 Å². The molecule has 1 fully saturated rings. The number of Topliss-reactive ketones (excluding diaryl/α,β-unsaturated/α-hetero) is 1. The van der Waals surface area contributed by atoms with Crippen molar-refractivity contribution in [1.29, 1.82) is 0 Å². The summed E-state index contributed by atoms with van der Waals surface area (Å²) < 4.78 is 5.72. The van der Waals surface area contributed by atoms with Gasteiger partial charge in [0.2, 0.25) is 0 Å². The average molecular weight is 219 g/mol. The predicted molar refractivity (Wildman–Crippen MR) is 62.8 cm³/mol. The Morgan fingerprint density at radius 2 is 2.25 bits per heavy atom. The van der Waals surface area contributed by atoms with Crippen LogP contribution in [0, 0.1) is 6.92 Å². The first-order chi connectivity index (χ1) is 7.70. The van der Waals surface area contributed by atoms with Crippen LogP contribution in [0.5, 0.6) is 5.75 Å². The van der Waals surface area contributed by atoms with Crippen LogP contribution in [0.4, 0.5) is 0 Å². The maximum Gasteiger partial charge on any atom is 0.167 e. The number of ketones is 1. The van der Waals surface area contributed by atoms with Gasteiger partial charge in [-0.3, -0.25) is 4.79 Å². The second-order valence-corrected chi connectivity index (χ2v) is 4.28. The van der Waals surface area contributed by atoms with Crippen LogP contribution in [-0.2, 0) is 0 Å². The molecule has 3 heteroatoms. The lowest BCUT2D eigenvalue weighted by molar-refractivity contribution is 0.0981. The molecule has 3 nitrogen and oxygen atoms in total. The highest BCUT2D eigenvalue weighted by molar-refractivity contribution is 5.99. The fourth-order valence-electron chi connectivity index (χ4n) is 1.60. The van der Waals surface area contributed by atoms with Gasteiger partial charge < -0.3 is 10.5 Å². The predicted octanol–water partition coefficient (Wildman–Crippen LogP) is 2.07. The van der Waals surface area contributed by atoms with E-state index in [2.05, 4.69) is 0 Å². The van der Waals surface area contributed by atoms with Gasteiger partial charge in [-0.2, -0.15) is 0 Å². The second kappa shape index (κ2) is 4.66. The summed E-state index contributed by atoms with van der Waals surface area (Å²) in [7, 11) is 0. The molecule has 2 N–H and O–H groups in total. The van der Waals surface area contributed by atoms with Crippen LogP contribution in [0.15, 0.2) is 18.2 Å². The number of benzene rings is 1. The number of nitrogens with two attached hydrogens (primary N) is 1. The van der Waals surface area contributed by atoms with Crippen molar-refractivity contribution in [3.63, 3.8) is 0 Å². The SMILES string of the molecule is Cc1ccc(OC2CC2)c(C(=O)CCN)c1. The molecule has 1 aromatic rings. The minimum absolute atomic E-state index is 0.0712. The molecule has 16 heavy (non-hydrogen) atoms. The second-order valence-electron chi connectivity index (χ2n) is 4.28. The van der Waals surface area contributed by atoms with Crippen molar-refractivity contribution >= 4 is 5.78 Å². The summed E-state index contributed by atoms with van der Waals surface area (Å²) in [4.78, 5) is 11.9. The van der Waals surface area contributed by atoms with E-state index >= 15 is 0 Å². The van der Waals surface area contributed by atoms with E-state index in [-0.39, 0.29) is 5.78 Å². The number of carbonyl (C=O) groups excluding carboxylic acids is 1. The summed E-state index contributed by atoms with van der Waals surface area (Å²) in [5, 5.41) is 0. The van der Waals surface area contributed by atoms with E-state index < -0.39 is 0 Å². The minimum Gasteiger partial charge on any atom is -0.490 e. The number of hydrogen-bond acceptors (Lipinski definition) is 3. The molecule has 86 valence electrons. The highest BCUT2D eigenvalue weighted by Crippen LogP contribution is 2.30. The van der Waals surface area contributed by atoms with Gasteiger partial charge in [-0.1, -0.05) is 11.6 Å². The Morgan fingerprint density at radius 1 is 1.50 bits per heavy atom. The molecule has 0 radical (unpaired) electrons. The van der Waals surface area contributed by atoms with E-state index in [9.17, 15) is 4.79 Å². The van der Waals surface area contributed by atoms with Crippen molar-refractivity contribution in [2.75, 3.05) is 6.54 Å². The fraction of sp³-hybridized carbons (Fsp3) is 0.462. The first kappa shape index (κ1) is 11.1. The highest BCUT2D eigenvalue weighted by Gasteiger charge is 2.25. The van der Waals surface area contributed by atoms with Gasteiger partial charge in [0.1, 0.15) is 5.75 Å². The summed E-state index contributed by atoms with van der Waals surface area (Å²) in [6, 6.07) is 5.74. The van der Waals surface area contributed by atoms with Crippen LogP contribution in [-0.4, -0.2) is 18.4 Å². The molecule has 1 aliphatic rings. The zero-order valence-electron chi connectivity index (χ0n) is 9.53. The Kier molecular flexibility index (Phi) is 3.25. The van der Waals surface area contributed by atoms with Gasteiger partial charge in [0.05, 0.1) is 11.7 Å². The number of aryl methyl sites for hydroxylation is 1. The van der Waals surface area contributed by atoms with Gasteiger partial charge in [-0.05, 0) is 38.4 Å². The third-order valence-corrected chi connectivity index (χ3v) is 2.62. The molecule has 0 spiro atoms. The molecule has 0 aromatic heterocycles. The van der Waals surface area contributed by atoms with Crippen LogP contribution in [0.1, 0.15) is 35.2 Å². The zero-order valence-corrected chi connectivity index (χ0v) is 9.53. The van der Waals surface area contributed by atoms with Gasteiger partial charge in [0.15, 0.2) is 5.78 Å². The molecule has 1 aliphatic carbocycles. The van der Waals surface area contributed by atoms with Crippen molar-refractivity contribution in [3.05, 3.63) is 29.3 Å². The molecule has 0 bridgehead atoms. The van der Waals surface area contributed by atoms with Crippen molar-refractivity contribution in [2.24, 2.45) is 5.73 Å². The lowest BCUT2D eigenvalue weighted by atomic mass is 10.0. The largest absolute Gasteiger partial charge is 0.490 e. The standard InChI is InChI=1S/C13H17NO2/c1-9-2-5-13(16-10-3-4-10)11(8-9)12(15)6-7-14/h2,5,8,10H,3-4,6-7,14H2,1H3. The molecular weight excluding hydrogens is 202 g/mol. The summed E-state index contributed by atoms with van der Waals surface area (Å²) >= 11 is 0. The average Bonchev–Trinajstić information content (AvgIpc) is 3.05. The van der Waals surface area contributed by atoms with Crippen molar-refractivity contribution in [1.82, 2.24) is 0 Å². The molecule has 0 aliphatic heterocycles. The summed E-state index contributed by atoms with van der Waals surface area (Å²) in [5.74, 6) is 0.786. The number of rotatable bonds is 5. The van der Waals surface area contributed by atoms with Gasteiger partial charge in [0.25, 0.3) is 0 Å². The minimum atomic E-state index is 0.0712. The van der Waals surface area contributed by atoms with E-state index in [1.54, 1.807) is 0 Å². The first-order valence-electron chi connectivity index (χ1n) is 5.71. The lowest BCUT2D eigenvalue weighted by Crippen LogP contribution is -2.10. The van der Waals surface area contributed by atoms with Gasteiger partial charge in [-0.15, -0.1) is 0 Å². The summed E-state index contributed by atoms with van der Waals surface area (Å²) in [5.41, 5.74) is 7.16. The number of carbonyl (C=O) groups is 1. The van der Waals surface area contributed by atoms with Crippen molar-refractivity contribution in [3.8, 4) is 5.75 Å². The normalized spacial score (nSPS) is 14.9. The van der Waals surface area contributed by atoms with E-state index in [1.165, 1.54) is 0 Å². The molecule has 1 saturated carbocycles. The Bertz CT molecular complexity index is 397. The third kappa shape index (κ3) is 2.61. The smallest absolute Gasteiger partial charge is 0.167 e. The van der Waals surface area contributed by atoms with Crippen molar-refractivity contribution in [2.45, 2.75) is 32.3 Å². The molecular formula is C13H17NO2. The Balaban J connectivity index is 2.23. The van der Waals surface area contributed by atoms with E-state index in [0.29, 0.717) is 30.4 Å². The monoisotopic (exact) mass is 219 g/mol. The Hall–Kier alpha value is -1.35. The third-order valence-electron chi connectivity index (χ3n) is 2.62. The van der Waals surface area contributed by atoms with E-state index in [4.69, 9.17) is 10.5 Å². The topological polar surface area (TPSA) is 52.3 Å². The molecule has 0 unspecified atom stereocenters. The quantitative estimate of drug-likeness (QED) is 0.771. The van der Waals surface area contributed by atoms with Gasteiger partial charge in [-0.25, -0.2) is 0 Å². The fourth-order valence-corrected chi connectivity index (χ4v) is 1.60. The molecule has 2 rings (SSSR count). The maximum atomic E-state index is 11.9. The van der Waals surface area contributed by atoms with Crippen LogP contribution in [0.2, 0.25) is 0 Å². The van der Waals surface area contributed by atoms with Crippen LogP contribution in [0.3, 0.4) is 0 Å². The molecule has 0 heterocycles. The van der Waals surface area contributed by atoms with E-state index in [1.807, 2.05) is 25.1 Å². The molecule has 0 atom stereocenters. The highest BCUT2D eigenvalue weighted by atomic mass is 16.5. The van der Waals surface area contributed by atoms with E-state index in [0.717, 1.165) is 18.4 Å². The van der Waals surface area contributed by atoms with Crippen LogP contribution < -0.4 is 10.5 Å². The summed E-state index contributed by atoms with van der Waals surface area (Å²) in [6.45, 7) is 2.36. The Morgan fingerprint density at radius 3 is 2.88 bits per heavy atom. The van der Waals surface area contributed by atoms with Gasteiger partial charge >= 0.3 is 0 Å². The molecule has 0 amide bonds. The molecule has 0 saturated heterocycles. The number of hydrogen-bond donors (Lipinski definition) is 1. The zero-order chi connectivity index (χ0) is 11.5. The molecule has 1 aromatic carbocycles. The maximum absolute atomic E-state index is 11.9. The Labute approximate surface area is 95.6 Å². The van der Waals surface area contributed by atoms with Crippen LogP contribution >= 0.6 is 0 Å². The number of ether oxygens (including phenoxy) is 1. The summed E-state index contributed by atoms with van der Waals surface area (Å²) in [6.07, 6.45) is 2.88. The van der Waals surface area contributed by atoms with Gasteiger partial charge in [0, 0.05) is 6.42 Å².